The molecule has 0 radical (unpaired) electrons. The van der Waals surface area contributed by atoms with Gasteiger partial charge >= 0.3 is 5.97 Å². The lowest BCUT2D eigenvalue weighted by Gasteiger charge is -2.36. The zero-order chi connectivity index (χ0) is 54.9. The van der Waals surface area contributed by atoms with Crippen LogP contribution in [-0.2, 0) is 42.4 Å². The van der Waals surface area contributed by atoms with Crippen molar-refractivity contribution >= 4 is 72.3 Å². The van der Waals surface area contributed by atoms with Crippen LogP contribution in [0.15, 0.2) is 87.4 Å². The molecule has 2 saturated heterocycles. The lowest BCUT2D eigenvalue weighted by Crippen LogP contribution is -2.46. The molecule has 0 unspecified atom stereocenters. The van der Waals surface area contributed by atoms with Crippen molar-refractivity contribution in [1.29, 1.82) is 0 Å². The number of benzene rings is 3. The summed E-state index contributed by atoms with van der Waals surface area (Å²) in [5, 5.41) is 0.409. The number of alkyl halides is 1. The maximum atomic E-state index is 15.0. The fourth-order valence-electron chi connectivity index (χ4n) is 9.00. The Hall–Kier alpha value is -7.89. The van der Waals surface area contributed by atoms with Gasteiger partial charge in [0, 0.05) is 87.5 Å². The molecule has 0 atom stereocenters. The minimum Gasteiger partial charge on any atom is -0.464 e. The van der Waals surface area contributed by atoms with E-state index in [1.54, 1.807) is 60.9 Å². The number of H-pyrrole nitrogens is 3. The molecular weight excluding hydrogens is 1060 g/mol. The summed E-state index contributed by atoms with van der Waals surface area (Å²) in [7, 11) is 1.33. The van der Waals surface area contributed by atoms with Crippen molar-refractivity contribution in [2.45, 2.75) is 58.5 Å². The number of hydrogen-bond donors (Lipinski definition) is 4. The van der Waals surface area contributed by atoms with Gasteiger partial charge in [-0.25, -0.2) is 42.9 Å². The van der Waals surface area contributed by atoms with Crippen LogP contribution >= 0.6 is 15.9 Å². The summed E-state index contributed by atoms with van der Waals surface area (Å²) >= 11 is 3.19. The first-order chi connectivity index (χ1) is 37.1. The third kappa shape index (κ3) is 12.7. The molecule has 8 aromatic rings. The Labute approximate surface area is 447 Å². The summed E-state index contributed by atoms with van der Waals surface area (Å²) in [6.45, 7) is 12.4. The lowest BCUT2D eigenvalue weighted by atomic mass is 10.1. The summed E-state index contributed by atoms with van der Waals surface area (Å²) in [5.74, 6) is -2.27. The van der Waals surface area contributed by atoms with E-state index in [1.165, 1.54) is 7.11 Å². The predicted octanol–water partition coefficient (Wildman–Crippen LogP) is 6.09. The Morgan fingerprint density at radius 1 is 0.558 bits per heavy atom. The van der Waals surface area contributed by atoms with Gasteiger partial charge in [0.05, 0.1) is 47.4 Å². The summed E-state index contributed by atoms with van der Waals surface area (Å²) in [4.78, 5) is 95.6. The van der Waals surface area contributed by atoms with Gasteiger partial charge in [-0.05, 0) is 61.7 Å². The number of esters is 1. The summed E-state index contributed by atoms with van der Waals surface area (Å²) in [6.07, 6.45) is 4.85. The molecule has 0 aliphatic carbocycles. The molecular formula is C54H57BrF3N13O6. The number of halogens is 4. The number of piperazine rings is 2. The smallest absolute Gasteiger partial charge is 0.356 e. The van der Waals surface area contributed by atoms with Crippen LogP contribution in [0.1, 0.15) is 75.5 Å². The van der Waals surface area contributed by atoms with Gasteiger partial charge in [-0.1, -0.05) is 54.9 Å². The number of carbonyl (C=O) groups excluding carboxylic acids is 2. The number of aromatic amines is 3. The maximum absolute atomic E-state index is 15.0. The predicted molar refractivity (Wildman–Crippen MR) is 291 cm³/mol. The van der Waals surface area contributed by atoms with Gasteiger partial charge in [0.25, 0.3) is 22.6 Å². The van der Waals surface area contributed by atoms with Crippen molar-refractivity contribution in [2.24, 2.45) is 5.73 Å². The number of rotatable bonds is 12. The van der Waals surface area contributed by atoms with Gasteiger partial charge in [-0.2, -0.15) is 0 Å². The van der Waals surface area contributed by atoms with Gasteiger partial charge in [0.15, 0.2) is 17.5 Å². The van der Waals surface area contributed by atoms with E-state index >= 15 is 4.39 Å². The van der Waals surface area contributed by atoms with Crippen molar-refractivity contribution in [2.75, 3.05) is 69.3 Å². The fraction of sp³-hybridized carbons (Fsp3) is 0.333. The van der Waals surface area contributed by atoms with Crippen molar-refractivity contribution in [3.8, 4) is 0 Å². The fourth-order valence-corrected chi connectivity index (χ4v) is 9.44. The second kappa shape index (κ2) is 24.8. The number of methoxy groups -OCH3 is 1. The zero-order valence-electron chi connectivity index (χ0n) is 42.9. The van der Waals surface area contributed by atoms with Crippen molar-refractivity contribution in [3.05, 3.63) is 167 Å². The van der Waals surface area contributed by atoms with E-state index in [4.69, 9.17) is 5.73 Å². The number of aromatic nitrogens is 8. The molecule has 7 heterocycles. The lowest BCUT2D eigenvalue weighted by molar-refractivity contribution is 0.0594. The highest BCUT2D eigenvalue weighted by molar-refractivity contribution is 9.08. The van der Waals surface area contributed by atoms with Crippen LogP contribution in [0.2, 0.25) is 0 Å². The van der Waals surface area contributed by atoms with E-state index in [0.717, 1.165) is 63.7 Å². The van der Waals surface area contributed by atoms with Crippen LogP contribution in [0.5, 0.6) is 0 Å². The van der Waals surface area contributed by atoms with Crippen LogP contribution in [0.4, 0.5) is 24.5 Å². The maximum Gasteiger partial charge on any atom is 0.356 e. The summed E-state index contributed by atoms with van der Waals surface area (Å²) < 4.78 is 48.5. The quantitative estimate of drug-likeness (QED) is 0.0799. The molecule has 0 spiro atoms. The highest BCUT2D eigenvalue weighted by atomic mass is 79.9. The van der Waals surface area contributed by atoms with Crippen LogP contribution in [0, 0.1) is 17.5 Å². The first-order valence-corrected chi connectivity index (χ1v) is 26.2. The molecule has 2 aliphatic heterocycles. The molecule has 5 aromatic heterocycles. The Kier molecular flexibility index (Phi) is 17.9. The highest BCUT2D eigenvalue weighted by Crippen LogP contribution is 2.24. The summed E-state index contributed by atoms with van der Waals surface area (Å²) in [5.41, 5.74) is 11.3. The van der Waals surface area contributed by atoms with E-state index in [2.05, 4.69) is 80.1 Å². The number of primary amides is 1. The number of amides is 1. The van der Waals surface area contributed by atoms with Crippen LogP contribution in [0.25, 0.3) is 33.1 Å². The topological polar surface area (TPSA) is 245 Å². The number of nitrogens with one attached hydrogen (secondary N) is 3. The normalized spacial score (nSPS) is 14.0. The Balaban J connectivity index is 0.000000161. The van der Waals surface area contributed by atoms with Gasteiger partial charge in [-0.15, -0.1) is 0 Å². The van der Waals surface area contributed by atoms with E-state index < -0.39 is 29.3 Å². The van der Waals surface area contributed by atoms with Crippen molar-refractivity contribution < 1.29 is 27.5 Å². The highest BCUT2D eigenvalue weighted by Gasteiger charge is 2.23. The van der Waals surface area contributed by atoms with Crippen LogP contribution < -0.4 is 32.2 Å². The second-order valence-corrected chi connectivity index (χ2v) is 18.8. The molecule has 0 saturated carbocycles. The average molecular weight is 1120 g/mol. The van der Waals surface area contributed by atoms with Crippen molar-refractivity contribution in [1.82, 2.24) is 49.7 Å². The molecule has 23 heteroatoms. The molecule has 3 aromatic carbocycles. The minimum atomic E-state index is -0.550. The van der Waals surface area contributed by atoms with Crippen molar-refractivity contribution in [3.63, 3.8) is 0 Å². The minimum absolute atomic E-state index is 0.161. The number of aryl methyl sites for hydroxylation is 3. The Bertz CT molecular complexity index is 3620. The van der Waals surface area contributed by atoms with E-state index in [-0.39, 0.29) is 44.6 Å². The first kappa shape index (κ1) is 55.3. The molecule has 402 valence electrons. The number of fused-ring (bicyclic) bond motifs is 3. The number of nitrogens with two attached hydrogens (primary N) is 1. The number of nitrogens with zero attached hydrogens (tertiary/aromatic N) is 9. The number of hydrogen-bond acceptors (Lipinski definition) is 15. The van der Waals surface area contributed by atoms with E-state index in [1.807, 2.05) is 32.9 Å². The molecule has 77 heavy (non-hydrogen) atoms. The van der Waals surface area contributed by atoms with Gasteiger partial charge in [-0.3, -0.25) is 29.0 Å². The molecule has 19 nitrogen and oxygen atoms in total. The molecule has 10 rings (SSSR count). The number of anilines is 2. The third-order valence-corrected chi connectivity index (χ3v) is 14.0. The second-order valence-electron chi connectivity index (χ2n) is 18.2. The van der Waals surface area contributed by atoms with E-state index in [0.29, 0.717) is 88.0 Å². The Morgan fingerprint density at radius 2 is 0.922 bits per heavy atom. The Morgan fingerprint density at radius 3 is 1.25 bits per heavy atom. The standard InChI is InChI=1S/C22H24FN5O3.C21H23FN6O2.C11H10BrFN2O/c1-3-16-21(29)26-20-17(25-16)6-4-14(19(20)23)13-27-8-10-28(11-9-27)15-5-7-18(24-12-15)22(30)31-2;1-2-15-21(30)26-19-16(25-15)5-3-13(18(19)22)12-27-7-9-28(10-8-27)14-4-6-17(20(23)29)24-11-14;1-2-7-11(16)15-10-8(14-7)4-3-6(5-12)9(10)13/h4-7,12H,3,8-11,13H2,1-2H3,(H,26,29);3-6,11H,2,7-10,12H2,1H3,(H2,23,29)(H,26,30);3-4H,2,5H2,1H3,(H,15,16). The monoisotopic (exact) mass is 1120 g/mol. The van der Waals surface area contributed by atoms with Gasteiger partial charge in [0.1, 0.15) is 45.0 Å². The van der Waals surface area contributed by atoms with Gasteiger partial charge < -0.3 is 35.2 Å². The first-order valence-electron chi connectivity index (χ1n) is 25.0. The summed E-state index contributed by atoms with van der Waals surface area (Å²) in [6, 6.07) is 17.3. The largest absolute Gasteiger partial charge is 0.464 e. The zero-order valence-corrected chi connectivity index (χ0v) is 44.5. The number of ether oxygens (including phenoxy) is 1. The average Bonchev–Trinajstić information content (AvgIpc) is 3.46. The van der Waals surface area contributed by atoms with Gasteiger partial charge in [0.2, 0.25) is 0 Å². The third-order valence-electron chi connectivity index (χ3n) is 13.4. The molecule has 1 amide bonds. The van der Waals surface area contributed by atoms with Crippen LogP contribution in [0.3, 0.4) is 0 Å². The molecule has 0 bridgehead atoms. The number of carbonyl (C=O) groups is 2. The molecule has 2 aliphatic rings. The van der Waals surface area contributed by atoms with Crippen LogP contribution in [-0.4, -0.2) is 121 Å². The van der Waals surface area contributed by atoms with E-state index in [9.17, 15) is 32.8 Å². The molecule has 2 fully saturated rings. The molecule has 5 N–H and O–H groups in total. The SMILES string of the molecule is CCc1nc2ccc(CBr)c(F)c2[nH]c1=O.CCc1nc2ccc(CN3CCN(c4ccc(C(=O)OC)nc4)CC3)c(F)c2[nH]c1=O.CCc1nc2ccc(CN3CCN(c4ccc(C(N)=O)nc4)CC3)c(F)c2[nH]c1=O. The number of pyridine rings is 2.